The van der Waals surface area contributed by atoms with E-state index in [2.05, 4.69) is 19.2 Å². The van der Waals surface area contributed by atoms with Crippen molar-refractivity contribution in [2.45, 2.75) is 20.3 Å². The first-order chi connectivity index (χ1) is 11.9. The van der Waals surface area contributed by atoms with E-state index in [4.69, 9.17) is 32.7 Å². The maximum Gasteiger partial charge on any atom is 0.262 e. The van der Waals surface area contributed by atoms with Gasteiger partial charge in [-0.2, -0.15) is 0 Å². The Morgan fingerprint density at radius 2 is 1.80 bits per heavy atom. The number of carbonyl (C=O) groups excluding carboxylic acids is 1. The Labute approximate surface area is 158 Å². The minimum atomic E-state index is -0.310. The van der Waals surface area contributed by atoms with Crippen molar-refractivity contribution in [3.63, 3.8) is 0 Å². The van der Waals surface area contributed by atoms with Crippen LogP contribution >= 0.6 is 23.2 Å². The molecule has 0 aliphatic heterocycles. The molecule has 2 rings (SSSR count). The fraction of sp³-hybridized carbons (Fsp3) is 0.316. The molecule has 0 spiro atoms. The molecular weight excluding hydrogens is 361 g/mol. The average Bonchev–Trinajstić information content (AvgIpc) is 2.56. The van der Waals surface area contributed by atoms with Gasteiger partial charge >= 0.3 is 0 Å². The topological polar surface area (TPSA) is 47.6 Å². The maximum atomic E-state index is 12.0. The number of ether oxygens (including phenoxy) is 2. The van der Waals surface area contributed by atoms with Gasteiger partial charge in [0, 0.05) is 11.1 Å². The highest BCUT2D eigenvalue weighted by Crippen LogP contribution is 2.25. The number of anilines is 1. The molecular formula is C19H21Cl2NO3. The lowest BCUT2D eigenvalue weighted by atomic mass is 10.1. The standard InChI is InChI=1S/C19H21Cl2NO3/c1-13(2)8-9-24-15-4-3-5-16(11-15)25-12-19(23)22-18-7-6-14(20)10-17(18)21/h3-7,10-11,13H,8-9,12H2,1-2H3,(H,22,23). The van der Waals surface area contributed by atoms with Crippen molar-refractivity contribution in [3.8, 4) is 11.5 Å². The van der Waals surface area contributed by atoms with Crippen LogP contribution in [-0.4, -0.2) is 19.1 Å². The van der Waals surface area contributed by atoms with Crippen LogP contribution in [0.25, 0.3) is 0 Å². The molecule has 1 amide bonds. The summed E-state index contributed by atoms with van der Waals surface area (Å²) in [5, 5.41) is 3.57. The molecule has 0 bridgehead atoms. The Morgan fingerprint density at radius 3 is 2.48 bits per heavy atom. The van der Waals surface area contributed by atoms with Crippen molar-refractivity contribution in [1.29, 1.82) is 0 Å². The molecule has 0 aliphatic rings. The fourth-order valence-electron chi connectivity index (χ4n) is 1.99. The molecule has 1 N–H and O–H groups in total. The molecule has 2 aromatic rings. The molecule has 0 fully saturated rings. The highest BCUT2D eigenvalue weighted by Gasteiger charge is 2.08. The molecule has 0 saturated carbocycles. The molecule has 0 atom stereocenters. The number of hydrogen-bond donors (Lipinski definition) is 1. The van der Waals surface area contributed by atoms with Crippen LogP contribution in [0, 0.1) is 5.92 Å². The first-order valence-electron chi connectivity index (χ1n) is 8.04. The second-order valence-corrected chi connectivity index (χ2v) is 6.81. The average molecular weight is 382 g/mol. The molecule has 0 radical (unpaired) electrons. The van der Waals surface area contributed by atoms with E-state index in [1.807, 2.05) is 12.1 Å². The summed E-state index contributed by atoms with van der Waals surface area (Å²) in [6.45, 7) is 4.81. The highest BCUT2D eigenvalue weighted by molar-refractivity contribution is 6.36. The molecule has 4 nitrogen and oxygen atoms in total. The summed E-state index contributed by atoms with van der Waals surface area (Å²) >= 11 is 11.9. The first kappa shape index (κ1) is 19.4. The van der Waals surface area contributed by atoms with Crippen LogP contribution in [0.4, 0.5) is 5.69 Å². The molecule has 6 heteroatoms. The molecule has 25 heavy (non-hydrogen) atoms. The van der Waals surface area contributed by atoms with Gasteiger partial charge in [-0.1, -0.05) is 43.1 Å². The van der Waals surface area contributed by atoms with E-state index in [0.29, 0.717) is 34.0 Å². The van der Waals surface area contributed by atoms with Gasteiger partial charge < -0.3 is 14.8 Å². The fourth-order valence-corrected chi connectivity index (χ4v) is 2.45. The smallest absolute Gasteiger partial charge is 0.262 e. The van der Waals surface area contributed by atoms with E-state index in [1.54, 1.807) is 30.3 Å². The van der Waals surface area contributed by atoms with Gasteiger partial charge in [0.25, 0.3) is 5.91 Å². The van der Waals surface area contributed by atoms with Crippen LogP contribution in [0.5, 0.6) is 11.5 Å². The number of nitrogens with one attached hydrogen (secondary N) is 1. The third-order valence-electron chi connectivity index (χ3n) is 3.34. The van der Waals surface area contributed by atoms with Gasteiger partial charge in [-0.05, 0) is 42.7 Å². The lowest BCUT2D eigenvalue weighted by Gasteiger charge is -2.11. The second-order valence-electron chi connectivity index (χ2n) is 5.97. The number of hydrogen-bond acceptors (Lipinski definition) is 3. The summed E-state index contributed by atoms with van der Waals surface area (Å²) < 4.78 is 11.2. The Kier molecular flexibility index (Phi) is 7.41. The predicted octanol–water partition coefficient (Wildman–Crippen LogP) is 5.44. The zero-order chi connectivity index (χ0) is 18.2. The van der Waals surface area contributed by atoms with Crippen LogP contribution in [0.1, 0.15) is 20.3 Å². The van der Waals surface area contributed by atoms with Crippen molar-refractivity contribution in [2.24, 2.45) is 5.92 Å². The van der Waals surface area contributed by atoms with E-state index >= 15 is 0 Å². The van der Waals surface area contributed by atoms with E-state index in [0.717, 1.165) is 12.2 Å². The van der Waals surface area contributed by atoms with E-state index in [-0.39, 0.29) is 12.5 Å². The molecule has 134 valence electrons. The van der Waals surface area contributed by atoms with E-state index in [1.165, 1.54) is 0 Å². The summed E-state index contributed by atoms with van der Waals surface area (Å²) in [7, 11) is 0. The summed E-state index contributed by atoms with van der Waals surface area (Å²) in [4.78, 5) is 12.0. The van der Waals surface area contributed by atoms with Gasteiger partial charge in [-0.3, -0.25) is 4.79 Å². The Hall–Kier alpha value is -1.91. The lowest BCUT2D eigenvalue weighted by Crippen LogP contribution is -2.20. The third kappa shape index (κ3) is 6.85. The molecule has 0 aromatic heterocycles. The van der Waals surface area contributed by atoms with Crippen molar-refractivity contribution >= 4 is 34.8 Å². The van der Waals surface area contributed by atoms with Gasteiger partial charge in [0.1, 0.15) is 11.5 Å². The zero-order valence-electron chi connectivity index (χ0n) is 14.2. The maximum absolute atomic E-state index is 12.0. The van der Waals surface area contributed by atoms with Crippen molar-refractivity contribution < 1.29 is 14.3 Å². The van der Waals surface area contributed by atoms with Crippen molar-refractivity contribution in [3.05, 3.63) is 52.5 Å². The lowest BCUT2D eigenvalue weighted by molar-refractivity contribution is -0.118. The normalized spacial score (nSPS) is 10.6. The molecule has 0 saturated heterocycles. The molecule has 0 heterocycles. The van der Waals surface area contributed by atoms with Gasteiger partial charge in [0.15, 0.2) is 6.61 Å². The number of amides is 1. The first-order valence-corrected chi connectivity index (χ1v) is 8.80. The van der Waals surface area contributed by atoms with Gasteiger partial charge in [0.05, 0.1) is 17.3 Å². The predicted molar refractivity (Wildman–Crippen MR) is 102 cm³/mol. The Morgan fingerprint density at radius 1 is 1.08 bits per heavy atom. The van der Waals surface area contributed by atoms with Crippen LogP contribution in [0.15, 0.2) is 42.5 Å². The minimum Gasteiger partial charge on any atom is -0.493 e. The van der Waals surface area contributed by atoms with E-state index < -0.39 is 0 Å². The summed E-state index contributed by atoms with van der Waals surface area (Å²) in [6.07, 6.45) is 0.981. The van der Waals surface area contributed by atoms with Crippen LogP contribution < -0.4 is 14.8 Å². The number of benzene rings is 2. The van der Waals surface area contributed by atoms with Gasteiger partial charge in [0.2, 0.25) is 0 Å². The molecule has 2 aromatic carbocycles. The Balaban J connectivity index is 1.84. The van der Waals surface area contributed by atoms with Gasteiger partial charge in [-0.25, -0.2) is 0 Å². The SMILES string of the molecule is CC(C)CCOc1cccc(OCC(=O)Nc2ccc(Cl)cc2Cl)c1. The zero-order valence-corrected chi connectivity index (χ0v) is 15.7. The minimum absolute atomic E-state index is 0.131. The van der Waals surface area contributed by atoms with E-state index in [9.17, 15) is 4.79 Å². The molecule has 0 unspecified atom stereocenters. The Bertz CT molecular complexity index is 720. The summed E-state index contributed by atoms with van der Waals surface area (Å²) in [5.41, 5.74) is 0.491. The largest absolute Gasteiger partial charge is 0.493 e. The summed E-state index contributed by atoms with van der Waals surface area (Å²) in [6, 6.07) is 12.1. The number of rotatable bonds is 8. The van der Waals surface area contributed by atoms with Crippen LogP contribution in [0.3, 0.4) is 0 Å². The van der Waals surface area contributed by atoms with Crippen molar-refractivity contribution in [1.82, 2.24) is 0 Å². The molecule has 0 aliphatic carbocycles. The number of carbonyl (C=O) groups is 1. The quantitative estimate of drug-likeness (QED) is 0.662. The van der Waals surface area contributed by atoms with Crippen molar-refractivity contribution in [2.75, 3.05) is 18.5 Å². The summed E-state index contributed by atoms with van der Waals surface area (Å²) in [5.74, 6) is 1.57. The monoisotopic (exact) mass is 381 g/mol. The van der Waals surface area contributed by atoms with Crippen LogP contribution in [0.2, 0.25) is 10.0 Å². The number of halogens is 2. The van der Waals surface area contributed by atoms with Gasteiger partial charge in [-0.15, -0.1) is 0 Å². The second kappa shape index (κ2) is 9.54. The highest BCUT2D eigenvalue weighted by atomic mass is 35.5. The van der Waals surface area contributed by atoms with Crippen LogP contribution in [-0.2, 0) is 4.79 Å². The third-order valence-corrected chi connectivity index (χ3v) is 3.89.